The summed E-state index contributed by atoms with van der Waals surface area (Å²) in [4.78, 5) is 11.8. The molecule has 0 radical (unpaired) electrons. The highest BCUT2D eigenvalue weighted by atomic mass is 35.5. The summed E-state index contributed by atoms with van der Waals surface area (Å²) in [6.07, 6.45) is 1.59. The van der Waals surface area contributed by atoms with E-state index in [0.29, 0.717) is 16.7 Å². The summed E-state index contributed by atoms with van der Waals surface area (Å²) in [5.74, 6) is 0. The number of hydrogen-bond acceptors (Lipinski definition) is 2. The standard InChI is InChI=1S/C16H13ClO2/c1-2-12-8-6-7-11-14(12)16(19,15(17)18)13-9-4-3-5-10-13/h2-11,19H,1H2. The summed E-state index contributed by atoms with van der Waals surface area (Å²) in [7, 11) is 0. The van der Waals surface area contributed by atoms with Crippen molar-refractivity contribution in [3.05, 3.63) is 77.9 Å². The molecule has 3 heteroatoms. The molecule has 1 N–H and O–H groups in total. The fraction of sp³-hybridized carbons (Fsp3) is 0.0625. The van der Waals surface area contributed by atoms with E-state index in [1.807, 2.05) is 12.1 Å². The van der Waals surface area contributed by atoms with Crippen molar-refractivity contribution >= 4 is 22.9 Å². The minimum atomic E-state index is -1.87. The molecule has 0 aromatic heterocycles. The van der Waals surface area contributed by atoms with Gasteiger partial charge in [0.25, 0.3) is 5.24 Å². The first-order chi connectivity index (χ1) is 9.10. The minimum absolute atomic E-state index is 0.427. The molecule has 19 heavy (non-hydrogen) atoms. The van der Waals surface area contributed by atoms with Crippen LogP contribution in [-0.4, -0.2) is 10.3 Å². The second-order valence-corrected chi connectivity index (χ2v) is 4.48. The molecule has 0 aliphatic heterocycles. The van der Waals surface area contributed by atoms with Crippen molar-refractivity contribution < 1.29 is 9.90 Å². The van der Waals surface area contributed by atoms with E-state index < -0.39 is 10.8 Å². The number of hydrogen-bond donors (Lipinski definition) is 1. The Balaban J connectivity index is 2.71. The Bertz CT molecular complexity index is 607. The van der Waals surface area contributed by atoms with Crippen LogP contribution in [0.25, 0.3) is 6.08 Å². The fourth-order valence-electron chi connectivity index (χ4n) is 2.06. The van der Waals surface area contributed by atoms with Gasteiger partial charge in [-0.2, -0.15) is 0 Å². The number of carbonyl (C=O) groups is 1. The third kappa shape index (κ3) is 2.33. The van der Waals surface area contributed by atoms with Crippen molar-refractivity contribution in [3.63, 3.8) is 0 Å². The molecule has 0 spiro atoms. The molecule has 0 bridgehead atoms. The van der Waals surface area contributed by atoms with Crippen LogP contribution < -0.4 is 0 Å². The lowest BCUT2D eigenvalue weighted by Gasteiger charge is -2.26. The third-order valence-electron chi connectivity index (χ3n) is 3.05. The molecule has 0 heterocycles. The van der Waals surface area contributed by atoms with Gasteiger partial charge < -0.3 is 5.11 Å². The highest BCUT2D eigenvalue weighted by Gasteiger charge is 2.39. The third-order valence-corrected chi connectivity index (χ3v) is 3.32. The second-order valence-electron chi connectivity index (χ2n) is 4.14. The maximum atomic E-state index is 11.8. The SMILES string of the molecule is C=Cc1ccccc1C(O)(C(=O)Cl)c1ccccc1. The molecule has 2 aromatic carbocycles. The molecule has 2 rings (SSSR count). The number of benzene rings is 2. The van der Waals surface area contributed by atoms with E-state index in [2.05, 4.69) is 6.58 Å². The quantitative estimate of drug-likeness (QED) is 0.867. The van der Waals surface area contributed by atoms with Crippen molar-refractivity contribution in [3.8, 4) is 0 Å². The van der Waals surface area contributed by atoms with E-state index in [-0.39, 0.29) is 0 Å². The first-order valence-electron chi connectivity index (χ1n) is 5.80. The van der Waals surface area contributed by atoms with Crippen molar-refractivity contribution in [1.29, 1.82) is 0 Å². The first-order valence-corrected chi connectivity index (χ1v) is 6.18. The number of halogens is 1. The van der Waals surface area contributed by atoms with E-state index in [9.17, 15) is 9.90 Å². The molecule has 0 saturated heterocycles. The lowest BCUT2D eigenvalue weighted by molar-refractivity contribution is -0.125. The Morgan fingerprint density at radius 3 is 2.26 bits per heavy atom. The Morgan fingerprint density at radius 2 is 1.68 bits per heavy atom. The summed E-state index contributed by atoms with van der Waals surface area (Å²) >= 11 is 5.66. The second kappa shape index (κ2) is 5.39. The molecule has 0 aliphatic rings. The molecule has 96 valence electrons. The van der Waals surface area contributed by atoms with Gasteiger partial charge in [-0.25, -0.2) is 0 Å². The molecule has 1 unspecified atom stereocenters. The molecule has 0 amide bonds. The van der Waals surface area contributed by atoms with E-state index in [1.165, 1.54) is 0 Å². The Morgan fingerprint density at radius 1 is 1.11 bits per heavy atom. The van der Waals surface area contributed by atoms with Crippen molar-refractivity contribution in [2.24, 2.45) is 0 Å². The zero-order valence-corrected chi connectivity index (χ0v) is 11.0. The van der Waals surface area contributed by atoms with Gasteiger partial charge in [0.1, 0.15) is 0 Å². The van der Waals surface area contributed by atoms with Crippen LogP contribution in [0.1, 0.15) is 16.7 Å². The lowest BCUT2D eigenvalue weighted by Crippen LogP contribution is -2.34. The summed E-state index contributed by atoms with van der Waals surface area (Å²) in [5.41, 5.74) is -0.337. The normalized spacial score (nSPS) is 13.6. The zero-order valence-electron chi connectivity index (χ0n) is 10.2. The molecule has 2 aromatic rings. The van der Waals surface area contributed by atoms with Gasteiger partial charge in [0.2, 0.25) is 0 Å². The van der Waals surface area contributed by atoms with Crippen LogP contribution in [0.3, 0.4) is 0 Å². The van der Waals surface area contributed by atoms with E-state index >= 15 is 0 Å². The van der Waals surface area contributed by atoms with Crippen molar-refractivity contribution in [2.75, 3.05) is 0 Å². The lowest BCUT2D eigenvalue weighted by atomic mass is 9.84. The van der Waals surface area contributed by atoms with Crippen LogP contribution in [0.15, 0.2) is 61.2 Å². The van der Waals surface area contributed by atoms with E-state index in [0.717, 1.165) is 0 Å². The van der Waals surface area contributed by atoms with Crippen LogP contribution in [0.2, 0.25) is 0 Å². The van der Waals surface area contributed by atoms with Crippen LogP contribution in [0, 0.1) is 0 Å². The summed E-state index contributed by atoms with van der Waals surface area (Å²) in [5, 5.41) is 9.97. The predicted octanol–water partition coefficient (Wildman–Crippen LogP) is 3.33. The summed E-state index contributed by atoms with van der Waals surface area (Å²) < 4.78 is 0. The maximum Gasteiger partial charge on any atom is 0.262 e. The van der Waals surface area contributed by atoms with Gasteiger partial charge in [0.05, 0.1) is 0 Å². The maximum absolute atomic E-state index is 11.8. The highest BCUT2D eigenvalue weighted by molar-refractivity contribution is 6.65. The molecular formula is C16H13ClO2. The van der Waals surface area contributed by atoms with Crippen LogP contribution >= 0.6 is 11.6 Å². The monoisotopic (exact) mass is 272 g/mol. The first kappa shape index (κ1) is 13.5. The average molecular weight is 273 g/mol. The van der Waals surface area contributed by atoms with Crippen molar-refractivity contribution in [1.82, 2.24) is 0 Å². The minimum Gasteiger partial charge on any atom is -0.372 e. The van der Waals surface area contributed by atoms with Gasteiger partial charge in [-0.1, -0.05) is 67.3 Å². The van der Waals surface area contributed by atoms with Crippen LogP contribution in [0.4, 0.5) is 0 Å². The molecule has 2 nitrogen and oxygen atoms in total. The Kier molecular flexibility index (Phi) is 3.84. The van der Waals surface area contributed by atoms with Crippen LogP contribution in [0.5, 0.6) is 0 Å². The number of rotatable bonds is 4. The molecule has 0 aliphatic carbocycles. The molecule has 0 fully saturated rings. The van der Waals surface area contributed by atoms with Gasteiger partial charge in [-0.3, -0.25) is 4.79 Å². The Hall–Kier alpha value is -1.90. The fourth-order valence-corrected chi connectivity index (χ4v) is 2.27. The molecular weight excluding hydrogens is 260 g/mol. The van der Waals surface area contributed by atoms with Gasteiger partial charge in [-0.15, -0.1) is 0 Å². The smallest absolute Gasteiger partial charge is 0.262 e. The molecule has 0 saturated carbocycles. The van der Waals surface area contributed by atoms with E-state index in [1.54, 1.807) is 48.5 Å². The van der Waals surface area contributed by atoms with Gasteiger partial charge in [0, 0.05) is 5.56 Å². The summed E-state index contributed by atoms with van der Waals surface area (Å²) in [6.45, 7) is 3.69. The predicted molar refractivity (Wildman–Crippen MR) is 76.8 cm³/mol. The summed E-state index contributed by atoms with van der Waals surface area (Å²) in [6, 6.07) is 15.6. The van der Waals surface area contributed by atoms with Crippen molar-refractivity contribution in [2.45, 2.75) is 5.60 Å². The number of carbonyl (C=O) groups excluding carboxylic acids is 1. The van der Waals surface area contributed by atoms with Gasteiger partial charge in [0.15, 0.2) is 5.60 Å². The van der Waals surface area contributed by atoms with E-state index in [4.69, 9.17) is 11.6 Å². The van der Waals surface area contributed by atoms with Gasteiger partial charge in [-0.05, 0) is 22.7 Å². The Labute approximate surface area is 117 Å². The van der Waals surface area contributed by atoms with Crippen LogP contribution in [-0.2, 0) is 10.4 Å². The molecule has 1 atom stereocenters. The topological polar surface area (TPSA) is 37.3 Å². The number of aliphatic hydroxyl groups is 1. The average Bonchev–Trinajstić information content (AvgIpc) is 2.47. The zero-order chi connectivity index (χ0) is 13.9. The highest BCUT2D eigenvalue weighted by Crippen LogP contribution is 2.34. The largest absolute Gasteiger partial charge is 0.372 e. The van der Waals surface area contributed by atoms with Gasteiger partial charge >= 0.3 is 0 Å².